The molecule has 0 radical (unpaired) electrons. The third-order valence-corrected chi connectivity index (χ3v) is 2.58. The molecule has 1 heterocycles. The highest BCUT2D eigenvalue weighted by Gasteiger charge is 2.10. The average molecular weight is 179 g/mol. The van der Waals surface area contributed by atoms with Gasteiger partial charge in [0, 0.05) is 0 Å². The van der Waals surface area contributed by atoms with Crippen LogP contribution in [0, 0.1) is 0 Å². The van der Waals surface area contributed by atoms with Crippen LogP contribution in [0.5, 0.6) is 0 Å². The van der Waals surface area contributed by atoms with Gasteiger partial charge >= 0.3 is 0 Å². The van der Waals surface area contributed by atoms with E-state index in [4.69, 9.17) is 21.8 Å². The fourth-order valence-corrected chi connectivity index (χ4v) is 1.79. The summed E-state index contributed by atoms with van der Waals surface area (Å²) in [6.45, 7) is -0.278. The molecule has 0 saturated heterocycles. The zero-order chi connectivity index (χ0) is 7.56. The van der Waals surface area contributed by atoms with Gasteiger partial charge in [-0.2, -0.15) is 0 Å². The third kappa shape index (κ3) is 1.49. The summed E-state index contributed by atoms with van der Waals surface area (Å²) in [6.07, 6.45) is -0.826. The second-order valence-electron chi connectivity index (χ2n) is 1.83. The van der Waals surface area contributed by atoms with Gasteiger partial charge in [0.1, 0.15) is 6.10 Å². The minimum Gasteiger partial charge on any atom is -0.393 e. The molecule has 1 aromatic rings. The van der Waals surface area contributed by atoms with Crippen LogP contribution in [-0.2, 0) is 0 Å². The molecule has 0 amide bonds. The Morgan fingerprint density at radius 1 is 1.70 bits per heavy atom. The van der Waals surface area contributed by atoms with Crippen LogP contribution in [-0.4, -0.2) is 16.8 Å². The van der Waals surface area contributed by atoms with Crippen LogP contribution in [0.4, 0.5) is 0 Å². The summed E-state index contributed by atoms with van der Waals surface area (Å²) in [5.74, 6) is 0. The molecule has 1 unspecified atom stereocenters. The number of hydrogen-bond donors (Lipinski definition) is 2. The molecule has 56 valence electrons. The Balaban J connectivity index is 2.82. The minimum atomic E-state index is -0.826. The van der Waals surface area contributed by atoms with Gasteiger partial charge in [-0.05, 0) is 11.4 Å². The van der Waals surface area contributed by atoms with Crippen LogP contribution in [0.2, 0.25) is 5.02 Å². The maximum absolute atomic E-state index is 9.07. The van der Waals surface area contributed by atoms with E-state index in [1.165, 1.54) is 11.3 Å². The molecule has 2 nitrogen and oxygen atoms in total. The Bertz CT molecular complexity index is 211. The smallest absolute Gasteiger partial charge is 0.113 e. The van der Waals surface area contributed by atoms with E-state index in [2.05, 4.69) is 0 Å². The van der Waals surface area contributed by atoms with Crippen molar-refractivity contribution in [2.45, 2.75) is 6.10 Å². The summed E-state index contributed by atoms with van der Waals surface area (Å²) >= 11 is 6.99. The van der Waals surface area contributed by atoms with Crippen LogP contribution in [0.25, 0.3) is 0 Å². The second-order valence-corrected chi connectivity index (χ2v) is 3.19. The van der Waals surface area contributed by atoms with Crippen molar-refractivity contribution in [2.24, 2.45) is 0 Å². The van der Waals surface area contributed by atoms with Crippen LogP contribution in [0.1, 0.15) is 11.0 Å². The van der Waals surface area contributed by atoms with E-state index >= 15 is 0 Å². The molecular weight excluding hydrogens is 172 g/mol. The van der Waals surface area contributed by atoms with E-state index in [9.17, 15) is 0 Å². The first-order valence-electron chi connectivity index (χ1n) is 2.77. The van der Waals surface area contributed by atoms with E-state index in [1.807, 2.05) is 0 Å². The number of halogens is 1. The summed E-state index contributed by atoms with van der Waals surface area (Å²) in [5.41, 5.74) is 0. The van der Waals surface area contributed by atoms with Crippen molar-refractivity contribution in [3.05, 3.63) is 21.3 Å². The van der Waals surface area contributed by atoms with Gasteiger partial charge in [-0.3, -0.25) is 0 Å². The molecule has 1 aromatic heterocycles. The summed E-state index contributed by atoms with van der Waals surface area (Å²) in [6, 6.07) is 1.69. The monoisotopic (exact) mass is 178 g/mol. The van der Waals surface area contributed by atoms with Crippen molar-refractivity contribution in [1.29, 1.82) is 0 Å². The van der Waals surface area contributed by atoms with E-state index < -0.39 is 6.10 Å². The number of aliphatic hydroxyl groups is 2. The fourth-order valence-electron chi connectivity index (χ4n) is 0.626. The van der Waals surface area contributed by atoms with Crippen molar-refractivity contribution in [3.63, 3.8) is 0 Å². The normalized spacial score (nSPS) is 13.5. The molecule has 0 bridgehead atoms. The van der Waals surface area contributed by atoms with Crippen LogP contribution >= 0.6 is 22.9 Å². The standard InChI is InChI=1S/C6H7ClO2S/c7-4-1-2-10-6(4)5(9)3-8/h1-2,5,8-9H,3H2. The maximum atomic E-state index is 9.07. The van der Waals surface area contributed by atoms with Crippen LogP contribution < -0.4 is 0 Å². The van der Waals surface area contributed by atoms with Gasteiger partial charge in [0.05, 0.1) is 16.5 Å². The summed E-state index contributed by atoms with van der Waals surface area (Å²) in [7, 11) is 0. The molecule has 10 heavy (non-hydrogen) atoms. The molecule has 4 heteroatoms. The van der Waals surface area contributed by atoms with Gasteiger partial charge in [-0.15, -0.1) is 11.3 Å². The molecule has 1 atom stereocenters. The predicted octanol–water partition coefficient (Wildman–Crippen LogP) is 1.43. The van der Waals surface area contributed by atoms with Crippen molar-refractivity contribution in [2.75, 3.05) is 6.61 Å². The van der Waals surface area contributed by atoms with Crippen molar-refractivity contribution >= 4 is 22.9 Å². The number of hydrogen-bond acceptors (Lipinski definition) is 3. The summed E-state index contributed by atoms with van der Waals surface area (Å²) in [5, 5.41) is 19.9. The second kappa shape index (κ2) is 3.34. The van der Waals surface area contributed by atoms with Crippen molar-refractivity contribution < 1.29 is 10.2 Å². The molecule has 0 aliphatic carbocycles. The molecular formula is C6H7ClO2S. The lowest BCUT2D eigenvalue weighted by molar-refractivity contribution is 0.0984. The quantitative estimate of drug-likeness (QED) is 0.720. The van der Waals surface area contributed by atoms with E-state index in [-0.39, 0.29) is 6.61 Å². The van der Waals surface area contributed by atoms with Gasteiger partial charge in [0.2, 0.25) is 0 Å². The van der Waals surface area contributed by atoms with Crippen LogP contribution in [0.15, 0.2) is 11.4 Å². The topological polar surface area (TPSA) is 40.5 Å². The SMILES string of the molecule is OCC(O)c1sccc1Cl. The van der Waals surface area contributed by atoms with Crippen molar-refractivity contribution in [3.8, 4) is 0 Å². The van der Waals surface area contributed by atoms with Gasteiger partial charge in [0.15, 0.2) is 0 Å². The molecule has 0 saturated carbocycles. The maximum Gasteiger partial charge on any atom is 0.113 e. The fraction of sp³-hybridized carbons (Fsp3) is 0.333. The lowest BCUT2D eigenvalue weighted by atomic mass is 10.3. The number of thiophene rings is 1. The van der Waals surface area contributed by atoms with Gasteiger partial charge in [-0.25, -0.2) is 0 Å². The lowest BCUT2D eigenvalue weighted by Gasteiger charge is -2.02. The Morgan fingerprint density at radius 2 is 2.40 bits per heavy atom. The van der Waals surface area contributed by atoms with E-state index in [1.54, 1.807) is 11.4 Å². The number of rotatable bonds is 2. The largest absolute Gasteiger partial charge is 0.393 e. The molecule has 0 aliphatic rings. The third-order valence-electron chi connectivity index (χ3n) is 1.12. The highest BCUT2D eigenvalue weighted by Crippen LogP contribution is 2.27. The Hall–Kier alpha value is -0.0900. The molecule has 0 aliphatic heterocycles. The highest BCUT2D eigenvalue weighted by atomic mass is 35.5. The first-order valence-corrected chi connectivity index (χ1v) is 4.03. The Kier molecular flexibility index (Phi) is 2.68. The number of aliphatic hydroxyl groups excluding tert-OH is 2. The average Bonchev–Trinajstić information content (AvgIpc) is 2.34. The van der Waals surface area contributed by atoms with Gasteiger partial charge < -0.3 is 10.2 Å². The zero-order valence-electron chi connectivity index (χ0n) is 5.12. The first-order chi connectivity index (χ1) is 4.75. The van der Waals surface area contributed by atoms with E-state index in [0.29, 0.717) is 9.90 Å². The summed E-state index contributed by atoms with van der Waals surface area (Å²) < 4.78 is 0. The lowest BCUT2D eigenvalue weighted by Crippen LogP contribution is -1.99. The zero-order valence-corrected chi connectivity index (χ0v) is 6.69. The first kappa shape index (κ1) is 8.01. The van der Waals surface area contributed by atoms with Crippen molar-refractivity contribution in [1.82, 2.24) is 0 Å². The molecule has 0 fully saturated rings. The Labute approximate surface area is 67.7 Å². The Morgan fingerprint density at radius 3 is 2.80 bits per heavy atom. The van der Waals surface area contributed by atoms with Gasteiger partial charge in [0.25, 0.3) is 0 Å². The molecule has 0 aromatic carbocycles. The summed E-state index contributed by atoms with van der Waals surface area (Å²) in [4.78, 5) is 0.629. The molecule has 2 N–H and O–H groups in total. The van der Waals surface area contributed by atoms with Crippen LogP contribution in [0.3, 0.4) is 0 Å². The minimum absolute atomic E-state index is 0.278. The highest BCUT2D eigenvalue weighted by molar-refractivity contribution is 7.10. The van der Waals surface area contributed by atoms with Gasteiger partial charge in [-0.1, -0.05) is 11.6 Å². The van der Waals surface area contributed by atoms with E-state index in [0.717, 1.165) is 0 Å². The molecule has 0 spiro atoms. The predicted molar refractivity (Wildman–Crippen MR) is 41.4 cm³/mol. The molecule has 1 rings (SSSR count).